The summed E-state index contributed by atoms with van der Waals surface area (Å²) in [6, 6.07) is 17.5. The zero-order valence-electron chi connectivity index (χ0n) is 15.2. The maximum atomic E-state index is 11.3. The lowest BCUT2D eigenvalue weighted by atomic mass is 9.93. The number of likely N-dealkylation sites (tertiary alicyclic amines) is 1. The fraction of sp³-hybridized carbons (Fsp3) is 0.273. The van der Waals surface area contributed by atoms with Gasteiger partial charge in [0.25, 0.3) is 0 Å². The number of hydrogen-bond donors (Lipinski definition) is 1. The number of para-hydroxylation sites is 1. The van der Waals surface area contributed by atoms with Crippen molar-refractivity contribution in [2.75, 3.05) is 13.1 Å². The zero-order chi connectivity index (χ0) is 19.7. The minimum absolute atomic E-state index is 0.149. The van der Waals surface area contributed by atoms with Gasteiger partial charge in [-0.2, -0.15) is 0 Å². The van der Waals surface area contributed by atoms with E-state index in [0.29, 0.717) is 36.0 Å². The minimum atomic E-state index is -0.718. The molecule has 0 bridgehead atoms. The lowest BCUT2D eigenvalue weighted by Crippen LogP contribution is -2.39. The molecule has 4 rings (SSSR count). The highest BCUT2D eigenvalue weighted by Crippen LogP contribution is 2.36. The van der Waals surface area contributed by atoms with Crippen LogP contribution >= 0.6 is 23.2 Å². The van der Waals surface area contributed by atoms with Crippen LogP contribution in [-0.2, 0) is 4.79 Å². The van der Waals surface area contributed by atoms with Crippen molar-refractivity contribution in [3.63, 3.8) is 0 Å². The van der Waals surface area contributed by atoms with Crippen LogP contribution in [0.3, 0.4) is 0 Å². The molecule has 1 unspecified atom stereocenters. The molecule has 1 aliphatic heterocycles. The molecule has 6 heteroatoms. The number of rotatable bonds is 4. The smallest absolute Gasteiger partial charge is 0.306 e. The highest BCUT2D eigenvalue weighted by Gasteiger charge is 2.32. The van der Waals surface area contributed by atoms with E-state index in [2.05, 4.69) is 11.0 Å². The van der Waals surface area contributed by atoms with Crippen molar-refractivity contribution in [1.82, 2.24) is 9.88 Å². The van der Waals surface area contributed by atoms with Gasteiger partial charge in [0, 0.05) is 15.4 Å². The first-order valence-corrected chi connectivity index (χ1v) is 10.1. The number of carboxylic acid groups (broad SMARTS) is 1. The zero-order valence-corrected chi connectivity index (χ0v) is 16.7. The lowest BCUT2D eigenvalue weighted by Gasteiger charge is -2.37. The highest BCUT2D eigenvalue weighted by atomic mass is 35.5. The molecule has 2 aromatic carbocycles. The third kappa shape index (κ3) is 3.86. The van der Waals surface area contributed by atoms with Crippen molar-refractivity contribution in [1.29, 1.82) is 0 Å². The van der Waals surface area contributed by atoms with Gasteiger partial charge in [0.1, 0.15) is 0 Å². The molecule has 0 spiro atoms. The predicted molar refractivity (Wildman–Crippen MR) is 112 cm³/mol. The quantitative estimate of drug-likeness (QED) is 0.618. The van der Waals surface area contributed by atoms with E-state index < -0.39 is 5.97 Å². The van der Waals surface area contributed by atoms with Crippen LogP contribution in [0.4, 0.5) is 0 Å². The van der Waals surface area contributed by atoms with Crippen LogP contribution in [-0.4, -0.2) is 34.0 Å². The number of halogens is 2. The Kier molecular flexibility index (Phi) is 5.54. The van der Waals surface area contributed by atoms with E-state index >= 15 is 0 Å². The molecule has 3 aromatic rings. The van der Waals surface area contributed by atoms with E-state index in [4.69, 9.17) is 28.2 Å². The predicted octanol–water partition coefficient (Wildman–Crippen LogP) is 5.43. The summed E-state index contributed by atoms with van der Waals surface area (Å²) in [6.07, 6.45) is 1.23. The summed E-state index contributed by atoms with van der Waals surface area (Å²) in [7, 11) is 0. The Bertz CT molecular complexity index is 1020. The molecule has 1 fully saturated rings. The Morgan fingerprint density at radius 3 is 2.54 bits per heavy atom. The van der Waals surface area contributed by atoms with Gasteiger partial charge >= 0.3 is 5.97 Å². The number of carbonyl (C=O) groups is 1. The highest BCUT2D eigenvalue weighted by molar-refractivity contribution is 6.35. The number of hydrogen-bond acceptors (Lipinski definition) is 3. The second-order valence-corrected chi connectivity index (χ2v) is 7.99. The fourth-order valence-electron chi connectivity index (χ4n) is 3.91. The number of nitrogens with zero attached hydrogens (tertiary/aromatic N) is 2. The number of benzene rings is 2. The average molecular weight is 415 g/mol. The summed E-state index contributed by atoms with van der Waals surface area (Å²) in [5.41, 5.74) is 2.76. The van der Waals surface area contributed by atoms with Crippen LogP contribution in [0.1, 0.15) is 30.1 Å². The Hall–Kier alpha value is -2.14. The number of aliphatic carboxylic acids is 1. The topological polar surface area (TPSA) is 53.4 Å². The molecule has 0 amide bonds. The Morgan fingerprint density at radius 2 is 1.82 bits per heavy atom. The first-order chi connectivity index (χ1) is 13.5. The number of pyridine rings is 1. The molecule has 0 aliphatic carbocycles. The van der Waals surface area contributed by atoms with Crippen molar-refractivity contribution < 1.29 is 9.90 Å². The van der Waals surface area contributed by atoms with E-state index in [1.807, 2.05) is 42.5 Å². The summed E-state index contributed by atoms with van der Waals surface area (Å²) in [5, 5.41) is 11.6. The first kappa shape index (κ1) is 19.2. The van der Waals surface area contributed by atoms with Crippen LogP contribution < -0.4 is 0 Å². The van der Waals surface area contributed by atoms with Crippen LogP contribution in [0.15, 0.2) is 54.6 Å². The molecule has 0 saturated carbocycles. The summed E-state index contributed by atoms with van der Waals surface area (Å²) in [5.74, 6) is -1.01. The molecule has 1 aliphatic rings. The number of carboxylic acids is 1. The van der Waals surface area contributed by atoms with Crippen molar-refractivity contribution in [2.45, 2.75) is 18.9 Å². The molecule has 1 aromatic heterocycles. The minimum Gasteiger partial charge on any atom is -0.481 e. The van der Waals surface area contributed by atoms with Gasteiger partial charge in [-0.05, 0) is 55.8 Å². The van der Waals surface area contributed by atoms with Crippen LogP contribution in [0.5, 0.6) is 0 Å². The van der Waals surface area contributed by atoms with Crippen LogP contribution in [0, 0.1) is 5.92 Å². The Morgan fingerprint density at radius 1 is 1.07 bits per heavy atom. The van der Waals surface area contributed by atoms with Gasteiger partial charge in [0.2, 0.25) is 0 Å². The standard InChI is InChI=1S/C22H20Cl2N2O2/c23-16-6-7-17(18(24)13-16)21(26-11-9-15(10-12-26)22(27)28)20-8-5-14-3-1-2-4-19(14)25-20/h1-8,13,15,21H,9-12H2,(H,27,28). The monoisotopic (exact) mass is 414 g/mol. The lowest BCUT2D eigenvalue weighted by molar-refractivity contribution is -0.143. The molecule has 0 radical (unpaired) electrons. The van der Waals surface area contributed by atoms with E-state index in [0.717, 1.165) is 22.2 Å². The van der Waals surface area contributed by atoms with Gasteiger partial charge < -0.3 is 5.11 Å². The molecule has 4 nitrogen and oxygen atoms in total. The molecular formula is C22H20Cl2N2O2. The molecular weight excluding hydrogens is 395 g/mol. The second kappa shape index (κ2) is 8.08. The van der Waals surface area contributed by atoms with Gasteiger partial charge in [-0.3, -0.25) is 14.7 Å². The first-order valence-electron chi connectivity index (χ1n) is 9.30. The molecule has 1 N–H and O–H groups in total. The van der Waals surface area contributed by atoms with Crippen LogP contribution in [0.2, 0.25) is 10.0 Å². The summed E-state index contributed by atoms with van der Waals surface area (Å²) >= 11 is 12.7. The number of piperidine rings is 1. The second-order valence-electron chi connectivity index (χ2n) is 7.15. The maximum absolute atomic E-state index is 11.3. The number of fused-ring (bicyclic) bond motifs is 1. The van der Waals surface area contributed by atoms with Crippen molar-refractivity contribution in [3.8, 4) is 0 Å². The van der Waals surface area contributed by atoms with E-state index in [-0.39, 0.29) is 12.0 Å². The third-order valence-corrected chi connectivity index (χ3v) is 5.96. The van der Waals surface area contributed by atoms with Gasteiger partial charge in [-0.25, -0.2) is 0 Å². The SMILES string of the molecule is O=C(O)C1CCN(C(c2ccc3ccccc3n2)c2ccc(Cl)cc2Cl)CC1. The Balaban J connectivity index is 1.75. The van der Waals surface area contributed by atoms with Gasteiger partial charge in [-0.15, -0.1) is 0 Å². The van der Waals surface area contributed by atoms with Crippen LogP contribution in [0.25, 0.3) is 10.9 Å². The van der Waals surface area contributed by atoms with E-state index in [1.165, 1.54) is 0 Å². The summed E-state index contributed by atoms with van der Waals surface area (Å²) in [6.45, 7) is 1.35. The number of aromatic nitrogens is 1. The molecule has 2 heterocycles. The molecule has 144 valence electrons. The molecule has 28 heavy (non-hydrogen) atoms. The average Bonchev–Trinajstić information content (AvgIpc) is 2.70. The molecule has 1 saturated heterocycles. The summed E-state index contributed by atoms with van der Waals surface area (Å²) in [4.78, 5) is 18.5. The normalized spacial score (nSPS) is 16.9. The fourth-order valence-corrected chi connectivity index (χ4v) is 4.42. The summed E-state index contributed by atoms with van der Waals surface area (Å²) < 4.78 is 0. The van der Waals surface area contributed by atoms with Crippen molar-refractivity contribution in [2.24, 2.45) is 5.92 Å². The van der Waals surface area contributed by atoms with Crippen molar-refractivity contribution in [3.05, 3.63) is 75.9 Å². The third-order valence-electron chi connectivity index (χ3n) is 5.40. The Labute approximate surface area is 173 Å². The van der Waals surface area contributed by atoms with E-state index in [9.17, 15) is 9.90 Å². The maximum Gasteiger partial charge on any atom is 0.306 e. The molecule has 1 atom stereocenters. The van der Waals surface area contributed by atoms with Gasteiger partial charge in [-0.1, -0.05) is 53.5 Å². The largest absolute Gasteiger partial charge is 0.481 e. The van der Waals surface area contributed by atoms with E-state index in [1.54, 1.807) is 6.07 Å². The van der Waals surface area contributed by atoms with Gasteiger partial charge in [0.15, 0.2) is 0 Å². The van der Waals surface area contributed by atoms with Gasteiger partial charge in [0.05, 0.1) is 23.2 Å². The van der Waals surface area contributed by atoms with Crippen molar-refractivity contribution >= 4 is 40.1 Å².